The summed E-state index contributed by atoms with van der Waals surface area (Å²) in [6.45, 7) is 14.0. The minimum atomic E-state index is -3.58. The van der Waals surface area contributed by atoms with Gasteiger partial charge in [0.25, 0.3) is 5.91 Å². The molecule has 9 nitrogen and oxygen atoms in total. The van der Waals surface area contributed by atoms with Crippen molar-refractivity contribution in [3.63, 3.8) is 0 Å². The van der Waals surface area contributed by atoms with Crippen molar-refractivity contribution in [2.24, 2.45) is 0 Å². The van der Waals surface area contributed by atoms with Gasteiger partial charge in [-0.15, -0.1) is 11.7 Å². The Balaban J connectivity index is 2.01. The summed E-state index contributed by atoms with van der Waals surface area (Å²) >= 11 is 0. The number of nitrogens with zero attached hydrogens (tertiary/aromatic N) is 3. The smallest absolute Gasteiger partial charge is 0.255 e. The summed E-state index contributed by atoms with van der Waals surface area (Å²) in [6.07, 6.45) is 6.73. The van der Waals surface area contributed by atoms with Crippen molar-refractivity contribution in [2.75, 3.05) is 23.4 Å². The number of benzene rings is 2. The largest absolute Gasteiger partial charge is 0.492 e. The lowest BCUT2D eigenvalue weighted by molar-refractivity contribution is 0.102. The number of rotatable bonds is 10. The van der Waals surface area contributed by atoms with Crippen LogP contribution in [0, 0.1) is 6.92 Å². The first kappa shape index (κ1) is 28.9. The molecule has 1 amide bonds. The summed E-state index contributed by atoms with van der Waals surface area (Å²) in [5, 5.41) is 11.5. The molecule has 0 saturated heterocycles. The average Bonchev–Trinajstić information content (AvgIpc) is 3.30. The fraction of sp³-hybridized carbons (Fsp3) is 0.393. The molecule has 3 aromatic rings. The number of hydrogen-bond acceptors (Lipinski definition) is 6. The lowest BCUT2D eigenvalue weighted by Gasteiger charge is -2.24. The van der Waals surface area contributed by atoms with Crippen LogP contribution in [0.15, 0.2) is 49.2 Å². The molecule has 1 aromatic heterocycles. The molecule has 10 heteroatoms. The molecule has 0 bridgehead atoms. The van der Waals surface area contributed by atoms with Gasteiger partial charge in [0.05, 0.1) is 42.3 Å². The summed E-state index contributed by atoms with van der Waals surface area (Å²) in [7, 11) is -2.16. The number of methoxy groups -OCH3 is 1. The molecule has 38 heavy (non-hydrogen) atoms. The molecule has 1 atom stereocenters. The predicted molar refractivity (Wildman–Crippen MR) is 152 cm³/mol. The number of carbonyl (C=O) groups excluding carboxylic acids is 1. The van der Waals surface area contributed by atoms with Crippen LogP contribution in [0.25, 0.3) is 5.69 Å². The molecular weight excluding hydrogens is 502 g/mol. The van der Waals surface area contributed by atoms with Crippen LogP contribution < -0.4 is 14.8 Å². The standard InChI is InChI=1S/C28H37N5O4S/c1-9-11-19(10-2)24-17-33(32-30-24)25-14-20(13-12-18(25)3)27(34)29-22-15-21(28(4,5)6)16-23(26(22)37-7)31-38(8,35)36/h10,12-17,19,31H,2,9,11H2,1,3-8H3,(H,29,34). The van der Waals surface area contributed by atoms with E-state index in [-0.39, 0.29) is 28.7 Å². The van der Waals surface area contributed by atoms with Crippen LogP contribution in [0.4, 0.5) is 11.4 Å². The number of allylic oxidation sites excluding steroid dienone is 1. The third kappa shape index (κ3) is 6.80. The number of sulfonamides is 1. The molecule has 2 aromatic carbocycles. The zero-order chi connectivity index (χ0) is 28.3. The van der Waals surface area contributed by atoms with Crippen LogP contribution in [0.5, 0.6) is 5.75 Å². The fourth-order valence-corrected chi connectivity index (χ4v) is 4.66. The van der Waals surface area contributed by atoms with E-state index in [0.29, 0.717) is 11.3 Å². The number of aromatic nitrogens is 3. The molecule has 0 aliphatic carbocycles. The maximum atomic E-state index is 13.4. The minimum absolute atomic E-state index is 0.109. The van der Waals surface area contributed by atoms with E-state index in [9.17, 15) is 13.2 Å². The van der Waals surface area contributed by atoms with Crippen molar-refractivity contribution in [2.45, 2.75) is 58.8 Å². The highest BCUT2D eigenvalue weighted by atomic mass is 32.2. The van der Waals surface area contributed by atoms with Gasteiger partial charge in [0.15, 0.2) is 5.75 Å². The molecule has 2 N–H and O–H groups in total. The number of hydrogen-bond donors (Lipinski definition) is 2. The van der Waals surface area contributed by atoms with E-state index in [4.69, 9.17) is 4.74 Å². The Kier molecular flexibility index (Phi) is 8.66. The van der Waals surface area contributed by atoms with Crippen molar-refractivity contribution < 1.29 is 17.9 Å². The van der Waals surface area contributed by atoms with Gasteiger partial charge in [0, 0.05) is 11.5 Å². The van der Waals surface area contributed by atoms with Crippen molar-refractivity contribution in [1.29, 1.82) is 0 Å². The second-order valence-corrected chi connectivity index (χ2v) is 12.2. The van der Waals surface area contributed by atoms with Gasteiger partial charge in [0.2, 0.25) is 10.0 Å². The molecule has 0 aliphatic rings. The Labute approximate surface area is 225 Å². The average molecular weight is 540 g/mol. The molecular formula is C28H37N5O4S. The number of carbonyl (C=O) groups is 1. The van der Waals surface area contributed by atoms with Gasteiger partial charge < -0.3 is 10.1 Å². The third-order valence-electron chi connectivity index (χ3n) is 6.20. The molecule has 0 saturated carbocycles. The highest BCUT2D eigenvalue weighted by Crippen LogP contribution is 2.39. The number of anilines is 2. The maximum Gasteiger partial charge on any atom is 0.255 e. The van der Waals surface area contributed by atoms with E-state index in [1.165, 1.54) is 7.11 Å². The number of ether oxygens (including phenoxy) is 1. The van der Waals surface area contributed by atoms with E-state index in [0.717, 1.165) is 41.6 Å². The van der Waals surface area contributed by atoms with E-state index in [1.54, 1.807) is 28.9 Å². The van der Waals surface area contributed by atoms with Crippen molar-refractivity contribution in [3.05, 3.63) is 71.6 Å². The summed E-state index contributed by atoms with van der Waals surface area (Å²) < 4.78 is 33.7. The Hall–Kier alpha value is -3.66. The van der Waals surface area contributed by atoms with E-state index in [2.05, 4.69) is 33.9 Å². The van der Waals surface area contributed by atoms with Crippen LogP contribution >= 0.6 is 0 Å². The second kappa shape index (κ2) is 11.4. The third-order valence-corrected chi connectivity index (χ3v) is 6.79. The molecule has 1 unspecified atom stereocenters. The number of aryl methyl sites for hydroxylation is 1. The molecule has 0 radical (unpaired) electrons. The monoisotopic (exact) mass is 539 g/mol. The summed E-state index contributed by atoms with van der Waals surface area (Å²) in [5.74, 6) is -0.0505. The van der Waals surface area contributed by atoms with E-state index < -0.39 is 10.0 Å². The molecule has 0 aliphatic heterocycles. The lowest BCUT2D eigenvalue weighted by atomic mass is 9.86. The summed E-state index contributed by atoms with van der Waals surface area (Å²) in [4.78, 5) is 13.4. The van der Waals surface area contributed by atoms with Gasteiger partial charge in [-0.25, -0.2) is 13.1 Å². The van der Waals surface area contributed by atoms with Crippen LogP contribution in [-0.2, 0) is 15.4 Å². The van der Waals surface area contributed by atoms with Gasteiger partial charge in [-0.05, 0) is 54.2 Å². The van der Waals surface area contributed by atoms with Gasteiger partial charge in [-0.1, -0.05) is 51.5 Å². The molecule has 3 rings (SSSR count). The van der Waals surface area contributed by atoms with Gasteiger partial charge in [0.1, 0.15) is 0 Å². The highest BCUT2D eigenvalue weighted by Gasteiger charge is 2.23. The fourth-order valence-electron chi connectivity index (χ4n) is 4.10. The molecule has 0 fully saturated rings. The quantitative estimate of drug-likeness (QED) is 0.325. The van der Waals surface area contributed by atoms with Crippen molar-refractivity contribution in [3.8, 4) is 11.4 Å². The van der Waals surface area contributed by atoms with Crippen LogP contribution in [0.3, 0.4) is 0 Å². The Morgan fingerprint density at radius 1 is 1.21 bits per heavy atom. The lowest BCUT2D eigenvalue weighted by Crippen LogP contribution is -2.18. The second-order valence-electron chi connectivity index (χ2n) is 10.4. The SMILES string of the molecule is C=CC(CCC)c1cn(-c2cc(C(=O)Nc3cc(C(C)(C)C)cc(NS(C)(=O)=O)c3OC)ccc2C)nn1. The Morgan fingerprint density at radius 2 is 1.89 bits per heavy atom. The summed E-state index contributed by atoms with van der Waals surface area (Å²) in [5.41, 5.74) is 3.99. The van der Waals surface area contributed by atoms with E-state index >= 15 is 0 Å². The number of nitrogens with one attached hydrogen (secondary N) is 2. The topological polar surface area (TPSA) is 115 Å². The zero-order valence-corrected chi connectivity index (χ0v) is 23.9. The molecule has 0 spiro atoms. The maximum absolute atomic E-state index is 13.4. The number of amides is 1. The normalized spacial score (nSPS) is 12.6. The van der Waals surface area contributed by atoms with E-state index in [1.807, 2.05) is 46.0 Å². The van der Waals surface area contributed by atoms with Crippen LogP contribution in [0.1, 0.15) is 73.6 Å². The Bertz CT molecular complexity index is 1440. The predicted octanol–water partition coefficient (Wildman–Crippen LogP) is 5.58. The van der Waals surface area contributed by atoms with Crippen LogP contribution in [-0.4, -0.2) is 42.7 Å². The minimum Gasteiger partial charge on any atom is -0.492 e. The van der Waals surface area contributed by atoms with Gasteiger partial charge in [-0.3, -0.25) is 9.52 Å². The first-order chi connectivity index (χ1) is 17.8. The van der Waals surface area contributed by atoms with Gasteiger partial charge >= 0.3 is 0 Å². The molecule has 1 heterocycles. The van der Waals surface area contributed by atoms with Gasteiger partial charge in [-0.2, -0.15) is 0 Å². The van der Waals surface area contributed by atoms with Crippen LogP contribution in [0.2, 0.25) is 0 Å². The Morgan fingerprint density at radius 3 is 2.47 bits per heavy atom. The highest BCUT2D eigenvalue weighted by molar-refractivity contribution is 7.92. The molecule has 204 valence electrons. The summed E-state index contributed by atoms with van der Waals surface area (Å²) in [6, 6.07) is 8.85. The first-order valence-electron chi connectivity index (χ1n) is 12.4. The first-order valence-corrected chi connectivity index (χ1v) is 14.3. The van der Waals surface area contributed by atoms with Crippen molar-refractivity contribution >= 4 is 27.3 Å². The zero-order valence-electron chi connectivity index (χ0n) is 23.1. The van der Waals surface area contributed by atoms with Crippen molar-refractivity contribution in [1.82, 2.24) is 15.0 Å².